The standard InChI is InChI=1S/C16H11Cl3N2S/c17-12-5-2-1-4-11(12)10-22-16-20-8-9-21(16)14-7-3-6-13(18)15(14)19/h1-9H,10H2. The second-order valence-electron chi connectivity index (χ2n) is 4.53. The third-order valence-corrected chi connectivity index (χ3v) is 5.31. The van der Waals surface area contributed by atoms with Gasteiger partial charge in [0.1, 0.15) is 0 Å². The molecule has 0 fully saturated rings. The molecule has 0 amide bonds. The molecule has 22 heavy (non-hydrogen) atoms. The van der Waals surface area contributed by atoms with Gasteiger partial charge in [-0.15, -0.1) is 0 Å². The van der Waals surface area contributed by atoms with E-state index in [-0.39, 0.29) is 0 Å². The third-order valence-electron chi connectivity index (χ3n) is 3.11. The van der Waals surface area contributed by atoms with Crippen molar-refractivity contribution < 1.29 is 0 Å². The molecule has 0 saturated carbocycles. The molecule has 2 aromatic carbocycles. The molecule has 0 unspecified atom stereocenters. The van der Waals surface area contributed by atoms with Gasteiger partial charge in [0, 0.05) is 23.2 Å². The van der Waals surface area contributed by atoms with E-state index in [9.17, 15) is 0 Å². The van der Waals surface area contributed by atoms with Crippen LogP contribution in [0.15, 0.2) is 60.0 Å². The Hall–Kier alpha value is -1.13. The molecule has 0 bridgehead atoms. The first kappa shape index (κ1) is 15.8. The summed E-state index contributed by atoms with van der Waals surface area (Å²) in [5, 5.41) is 2.63. The van der Waals surface area contributed by atoms with Gasteiger partial charge in [0.05, 0.1) is 15.7 Å². The van der Waals surface area contributed by atoms with E-state index in [0.29, 0.717) is 10.0 Å². The van der Waals surface area contributed by atoms with Crippen molar-refractivity contribution in [3.63, 3.8) is 0 Å². The second-order valence-corrected chi connectivity index (χ2v) is 6.67. The van der Waals surface area contributed by atoms with Crippen LogP contribution in [0.4, 0.5) is 0 Å². The maximum atomic E-state index is 6.29. The fourth-order valence-electron chi connectivity index (χ4n) is 2.02. The fourth-order valence-corrected chi connectivity index (χ4v) is 3.65. The van der Waals surface area contributed by atoms with Gasteiger partial charge in [-0.1, -0.05) is 70.8 Å². The van der Waals surface area contributed by atoms with Crippen molar-refractivity contribution in [3.8, 4) is 5.69 Å². The molecule has 6 heteroatoms. The lowest BCUT2D eigenvalue weighted by atomic mass is 10.2. The van der Waals surface area contributed by atoms with Crippen LogP contribution in [0.1, 0.15) is 5.56 Å². The molecule has 0 aliphatic rings. The molecule has 2 nitrogen and oxygen atoms in total. The van der Waals surface area contributed by atoms with Crippen LogP contribution in [0.2, 0.25) is 15.1 Å². The Balaban J connectivity index is 1.87. The van der Waals surface area contributed by atoms with Crippen LogP contribution < -0.4 is 0 Å². The Morgan fingerprint density at radius 3 is 2.55 bits per heavy atom. The fraction of sp³-hybridized carbons (Fsp3) is 0.0625. The zero-order valence-electron chi connectivity index (χ0n) is 11.3. The van der Waals surface area contributed by atoms with Crippen molar-refractivity contribution in [1.29, 1.82) is 0 Å². The molecule has 3 rings (SSSR count). The second kappa shape index (κ2) is 6.97. The molecular weight excluding hydrogens is 359 g/mol. The van der Waals surface area contributed by atoms with E-state index in [0.717, 1.165) is 27.2 Å². The van der Waals surface area contributed by atoms with Gasteiger partial charge < -0.3 is 0 Å². The zero-order chi connectivity index (χ0) is 15.5. The first-order chi connectivity index (χ1) is 10.7. The van der Waals surface area contributed by atoms with Crippen LogP contribution in [0, 0.1) is 0 Å². The SMILES string of the molecule is Clc1ccccc1CSc1nccn1-c1cccc(Cl)c1Cl. The lowest BCUT2D eigenvalue weighted by Gasteiger charge is -2.10. The molecule has 112 valence electrons. The number of thioether (sulfide) groups is 1. The monoisotopic (exact) mass is 368 g/mol. The normalized spacial score (nSPS) is 10.9. The minimum Gasteiger partial charge on any atom is -0.293 e. The van der Waals surface area contributed by atoms with E-state index in [1.165, 1.54) is 0 Å². The summed E-state index contributed by atoms with van der Waals surface area (Å²) in [6.45, 7) is 0. The molecule has 0 radical (unpaired) electrons. The minimum absolute atomic E-state index is 0.516. The van der Waals surface area contributed by atoms with Crippen LogP contribution in [-0.2, 0) is 5.75 Å². The van der Waals surface area contributed by atoms with Gasteiger partial charge in [-0.3, -0.25) is 4.57 Å². The van der Waals surface area contributed by atoms with Crippen molar-refractivity contribution in [3.05, 3.63) is 75.5 Å². The highest BCUT2D eigenvalue weighted by Gasteiger charge is 2.11. The van der Waals surface area contributed by atoms with Crippen LogP contribution in [0.5, 0.6) is 0 Å². The van der Waals surface area contributed by atoms with Crippen LogP contribution in [0.25, 0.3) is 5.69 Å². The van der Waals surface area contributed by atoms with Crippen molar-refractivity contribution in [2.24, 2.45) is 0 Å². The molecule has 1 aromatic heterocycles. The van der Waals surface area contributed by atoms with E-state index >= 15 is 0 Å². The summed E-state index contributed by atoms with van der Waals surface area (Å²) in [5.41, 5.74) is 1.88. The maximum Gasteiger partial charge on any atom is 0.172 e. The van der Waals surface area contributed by atoms with Crippen molar-refractivity contribution >= 4 is 46.6 Å². The van der Waals surface area contributed by atoms with Gasteiger partial charge in [-0.05, 0) is 23.8 Å². The summed E-state index contributed by atoms with van der Waals surface area (Å²) in [7, 11) is 0. The predicted octanol–water partition coefficient (Wildman–Crippen LogP) is 6.12. The van der Waals surface area contributed by atoms with E-state index in [1.807, 2.05) is 47.2 Å². The smallest absolute Gasteiger partial charge is 0.172 e. The number of rotatable bonds is 4. The Labute approximate surface area is 148 Å². The quantitative estimate of drug-likeness (QED) is 0.515. The largest absolute Gasteiger partial charge is 0.293 e. The first-order valence-corrected chi connectivity index (χ1v) is 8.62. The first-order valence-electron chi connectivity index (χ1n) is 6.51. The summed E-state index contributed by atoms with van der Waals surface area (Å²) in [4.78, 5) is 4.39. The number of hydrogen-bond acceptors (Lipinski definition) is 2. The molecule has 0 saturated heterocycles. The van der Waals surface area contributed by atoms with Gasteiger partial charge in [-0.2, -0.15) is 0 Å². The number of imidazole rings is 1. The molecule has 0 aliphatic carbocycles. The lowest BCUT2D eigenvalue weighted by Crippen LogP contribution is -1.96. The average molecular weight is 370 g/mol. The third kappa shape index (κ3) is 3.28. The number of halogens is 3. The van der Waals surface area contributed by atoms with Gasteiger partial charge in [0.15, 0.2) is 5.16 Å². The van der Waals surface area contributed by atoms with E-state index in [2.05, 4.69) is 4.98 Å². The molecule has 3 aromatic rings. The molecule has 0 N–H and O–H groups in total. The van der Waals surface area contributed by atoms with Crippen LogP contribution >= 0.6 is 46.6 Å². The summed E-state index contributed by atoms with van der Waals surface area (Å²) in [6.07, 6.45) is 3.61. The summed E-state index contributed by atoms with van der Waals surface area (Å²) < 4.78 is 1.93. The topological polar surface area (TPSA) is 17.8 Å². The Morgan fingerprint density at radius 1 is 0.955 bits per heavy atom. The Morgan fingerprint density at radius 2 is 1.73 bits per heavy atom. The number of nitrogens with zero attached hydrogens (tertiary/aromatic N) is 2. The Kier molecular flexibility index (Phi) is 4.99. The molecule has 0 atom stereocenters. The molecule has 0 aliphatic heterocycles. The summed E-state index contributed by atoms with van der Waals surface area (Å²) in [6, 6.07) is 13.3. The highest BCUT2D eigenvalue weighted by Crippen LogP contribution is 2.32. The number of benzene rings is 2. The van der Waals surface area contributed by atoms with E-state index < -0.39 is 0 Å². The van der Waals surface area contributed by atoms with Crippen LogP contribution in [0.3, 0.4) is 0 Å². The van der Waals surface area contributed by atoms with Gasteiger partial charge in [-0.25, -0.2) is 4.98 Å². The van der Waals surface area contributed by atoms with Crippen molar-refractivity contribution in [2.45, 2.75) is 10.9 Å². The van der Waals surface area contributed by atoms with Gasteiger partial charge >= 0.3 is 0 Å². The zero-order valence-corrected chi connectivity index (χ0v) is 14.4. The maximum absolute atomic E-state index is 6.29. The van der Waals surface area contributed by atoms with E-state index in [1.54, 1.807) is 24.0 Å². The highest BCUT2D eigenvalue weighted by molar-refractivity contribution is 7.98. The van der Waals surface area contributed by atoms with Gasteiger partial charge in [0.2, 0.25) is 0 Å². The molecule has 1 heterocycles. The van der Waals surface area contributed by atoms with E-state index in [4.69, 9.17) is 34.8 Å². The summed E-state index contributed by atoms with van der Waals surface area (Å²) >= 11 is 20.2. The number of hydrogen-bond donors (Lipinski definition) is 0. The molecular formula is C16H11Cl3N2S. The number of aromatic nitrogens is 2. The highest BCUT2D eigenvalue weighted by atomic mass is 35.5. The van der Waals surface area contributed by atoms with Crippen LogP contribution in [-0.4, -0.2) is 9.55 Å². The van der Waals surface area contributed by atoms with Gasteiger partial charge in [0.25, 0.3) is 0 Å². The predicted molar refractivity (Wildman–Crippen MR) is 94.6 cm³/mol. The van der Waals surface area contributed by atoms with Crippen molar-refractivity contribution in [1.82, 2.24) is 9.55 Å². The Bertz CT molecular complexity index is 802. The average Bonchev–Trinajstić information content (AvgIpc) is 2.97. The lowest BCUT2D eigenvalue weighted by molar-refractivity contribution is 0.895. The summed E-state index contributed by atoms with van der Waals surface area (Å²) in [5.74, 6) is 0.731. The van der Waals surface area contributed by atoms with Crippen molar-refractivity contribution in [2.75, 3.05) is 0 Å². The molecule has 0 spiro atoms. The minimum atomic E-state index is 0.516.